The van der Waals surface area contributed by atoms with E-state index in [4.69, 9.17) is 4.74 Å². The van der Waals surface area contributed by atoms with E-state index in [0.29, 0.717) is 16.7 Å². The van der Waals surface area contributed by atoms with E-state index in [1.807, 2.05) is 7.11 Å². The van der Waals surface area contributed by atoms with Crippen molar-refractivity contribution in [1.82, 2.24) is 0 Å². The van der Waals surface area contributed by atoms with Gasteiger partial charge in [-0.3, -0.25) is 0 Å². The van der Waals surface area contributed by atoms with Crippen LogP contribution in [0.25, 0.3) is 0 Å². The van der Waals surface area contributed by atoms with Crippen molar-refractivity contribution in [2.75, 3.05) is 13.7 Å². The molecule has 0 aromatic carbocycles. The van der Waals surface area contributed by atoms with Gasteiger partial charge in [-0.1, -0.05) is 32.4 Å². The Labute approximate surface area is 179 Å². The van der Waals surface area contributed by atoms with Crippen molar-refractivity contribution >= 4 is 0 Å². The second-order valence-corrected chi connectivity index (χ2v) is 11.8. The Hall–Kier alpha value is -0.340. The average molecular weight is 403 g/mol. The topological polar surface area (TPSA) is 29.5 Å². The number of allylic oxidation sites excluding steroid dienone is 1. The van der Waals surface area contributed by atoms with Crippen molar-refractivity contribution in [3.8, 4) is 0 Å². The maximum absolute atomic E-state index is 11.3. The highest BCUT2D eigenvalue weighted by molar-refractivity contribution is 5.16. The third kappa shape index (κ3) is 3.45. The average Bonchev–Trinajstić information content (AvgIpc) is 3.04. The maximum Gasteiger partial charge on any atom is 0.0650 e. The fourth-order valence-corrected chi connectivity index (χ4v) is 9.42. The number of rotatable bonds is 6. The van der Waals surface area contributed by atoms with Crippen LogP contribution in [0.2, 0.25) is 0 Å². The summed E-state index contributed by atoms with van der Waals surface area (Å²) in [5.41, 5.74) is 1.93. The van der Waals surface area contributed by atoms with Crippen LogP contribution in [0.3, 0.4) is 0 Å². The van der Waals surface area contributed by atoms with E-state index < -0.39 is 5.60 Å². The van der Waals surface area contributed by atoms with Gasteiger partial charge in [-0.25, -0.2) is 0 Å². The summed E-state index contributed by atoms with van der Waals surface area (Å²) in [5, 5.41) is 11.3. The monoisotopic (exact) mass is 402 g/mol. The molecule has 4 aliphatic rings. The summed E-state index contributed by atoms with van der Waals surface area (Å²) in [6.45, 7) is 12.4. The number of hydrogen-bond acceptors (Lipinski definition) is 2. The summed E-state index contributed by atoms with van der Waals surface area (Å²) >= 11 is 0. The van der Waals surface area contributed by atoms with Gasteiger partial charge in [0, 0.05) is 13.7 Å². The summed E-state index contributed by atoms with van der Waals surface area (Å²) in [7, 11) is 1.87. The van der Waals surface area contributed by atoms with E-state index in [-0.39, 0.29) is 0 Å². The van der Waals surface area contributed by atoms with Crippen LogP contribution in [0, 0.1) is 40.4 Å². The molecule has 0 saturated heterocycles. The Morgan fingerprint density at radius 3 is 2.52 bits per heavy atom. The van der Waals surface area contributed by atoms with Gasteiger partial charge in [0.25, 0.3) is 0 Å². The molecule has 4 fully saturated rings. The molecule has 0 aromatic rings. The molecule has 0 aromatic heterocycles. The molecule has 29 heavy (non-hydrogen) atoms. The molecule has 0 spiro atoms. The fourth-order valence-electron chi connectivity index (χ4n) is 9.42. The zero-order valence-corrected chi connectivity index (χ0v) is 19.6. The number of fused-ring (bicyclic) bond motifs is 5. The van der Waals surface area contributed by atoms with Crippen LogP contribution in [0.1, 0.15) is 97.8 Å². The number of hydrogen-bond donors (Lipinski definition) is 1. The predicted molar refractivity (Wildman–Crippen MR) is 121 cm³/mol. The minimum Gasteiger partial charge on any atom is -0.390 e. The minimum atomic E-state index is -0.398. The van der Waals surface area contributed by atoms with Crippen LogP contribution in [0.15, 0.2) is 12.2 Å². The van der Waals surface area contributed by atoms with E-state index in [0.717, 1.165) is 56.0 Å². The van der Waals surface area contributed by atoms with Gasteiger partial charge >= 0.3 is 0 Å². The molecule has 0 unspecified atom stereocenters. The van der Waals surface area contributed by atoms with Gasteiger partial charge in [0.2, 0.25) is 0 Å². The number of ether oxygens (including phenoxy) is 1. The van der Waals surface area contributed by atoms with E-state index in [2.05, 4.69) is 27.4 Å². The molecule has 4 aliphatic carbocycles. The molecule has 2 nitrogen and oxygen atoms in total. The third-order valence-electron chi connectivity index (χ3n) is 10.6. The zero-order valence-electron chi connectivity index (χ0n) is 19.6. The van der Waals surface area contributed by atoms with Crippen molar-refractivity contribution in [2.45, 2.75) is 103 Å². The van der Waals surface area contributed by atoms with Gasteiger partial charge in [-0.05, 0) is 118 Å². The molecule has 0 amide bonds. The molecular weight excluding hydrogens is 356 g/mol. The third-order valence-corrected chi connectivity index (χ3v) is 10.6. The SMILES string of the molecule is C=C(C)[C@H]1CC[C@H]2[C@@H]3CC[C@@H]4C[C@@](O)(CCC)CC[C@]4(CCOC)[C@H]3CC[C@]12C. The van der Waals surface area contributed by atoms with Crippen molar-refractivity contribution in [2.24, 2.45) is 40.4 Å². The van der Waals surface area contributed by atoms with E-state index in [1.165, 1.54) is 56.9 Å². The Kier molecular flexibility index (Phi) is 6.01. The maximum atomic E-state index is 11.3. The Morgan fingerprint density at radius 2 is 1.83 bits per heavy atom. The van der Waals surface area contributed by atoms with Crippen LogP contribution >= 0.6 is 0 Å². The second kappa shape index (κ2) is 7.97. The summed E-state index contributed by atoms with van der Waals surface area (Å²) in [5.74, 6) is 4.07. The Balaban J connectivity index is 1.62. The van der Waals surface area contributed by atoms with Crippen LogP contribution in [0.5, 0.6) is 0 Å². The second-order valence-electron chi connectivity index (χ2n) is 11.8. The lowest BCUT2D eigenvalue weighted by atomic mass is 9.42. The van der Waals surface area contributed by atoms with Gasteiger partial charge in [-0.15, -0.1) is 0 Å². The van der Waals surface area contributed by atoms with E-state index in [1.54, 1.807) is 0 Å². The smallest absolute Gasteiger partial charge is 0.0650 e. The van der Waals surface area contributed by atoms with Gasteiger partial charge in [0.1, 0.15) is 0 Å². The van der Waals surface area contributed by atoms with Crippen molar-refractivity contribution in [1.29, 1.82) is 0 Å². The Bertz CT molecular complexity index is 614. The molecule has 4 rings (SSSR count). The molecule has 2 heteroatoms. The lowest BCUT2D eigenvalue weighted by molar-refractivity contribution is -0.166. The highest BCUT2D eigenvalue weighted by atomic mass is 16.5. The number of aliphatic hydroxyl groups is 1. The molecule has 8 atom stereocenters. The van der Waals surface area contributed by atoms with Crippen molar-refractivity contribution < 1.29 is 9.84 Å². The summed E-state index contributed by atoms with van der Waals surface area (Å²) in [4.78, 5) is 0. The predicted octanol–water partition coefficient (Wildman–Crippen LogP) is 6.77. The van der Waals surface area contributed by atoms with Gasteiger partial charge in [-0.2, -0.15) is 0 Å². The van der Waals surface area contributed by atoms with Gasteiger partial charge in [0.05, 0.1) is 5.60 Å². The minimum absolute atomic E-state index is 0.398. The normalized spacial score (nSPS) is 49.2. The fraction of sp³-hybridized carbons (Fsp3) is 0.926. The van der Waals surface area contributed by atoms with E-state index >= 15 is 0 Å². The van der Waals surface area contributed by atoms with Crippen molar-refractivity contribution in [3.05, 3.63) is 12.2 Å². The molecule has 0 bridgehead atoms. The lowest BCUT2D eigenvalue weighted by Crippen LogP contribution is -2.57. The van der Waals surface area contributed by atoms with E-state index in [9.17, 15) is 5.11 Å². The van der Waals surface area contributed by atoms with Crippen LogP contribution in [-0.2, 0) is 4.74 Å². The highest BCUT2D eigenvalue weighted by Crippen LogP contribution is 2.69. The first-order valence-electron chi connectivity index (χ1n) is 12.7. The molecule has 166 valence electrons. The summed E-state index contributed by atoms with van der Waals surface area (Å²) < 4.78 is 5.65. The van der Waals surface area contributed by atoms with Crippen molar-refractivity contribution in [3.63, 3.8) is 0 Å². The van der Waals surface area contributed by atoms with Gasteiger partial charge < -0.3 is 9.84 Å². The number of methoxy groups -OCH3 is 1. The molecule has 0 radical (unpaired) electrons. The molecule has 1 N–H and O–H groups in total. The van der Waals surface area contributed by atoms with Gasteiger partial charge in [0.15, 0.2) is 0 Å². The first-order chi connectivity index (χ1) is 13.8. The van der Waals surface area contributed by atoms with Crippen LogP contribution in [0.4, 0.5) is 0 Å². The quantitative estimate of drug-likeness (QED) is 0.497. The first-order valence-corrected chi connectivity index (χ1v) is 12.7. The first kappa shape index (κ1) is 21.9. The molecular formula is C27H46O2. The molecule has 4 saturated carbocycles. The highest BCUT2D eigenvalue weighted by Gasteiger charge is 2.62. The lowest BCUT2D eigenvalue weighted by Gasteiger charge is -2.63. The Morgan fingerprint density at radius 1 is 1.03 bits per heavy atom. The summed E-state index contributed by atoms with van der Waals surface area (Å²) in [6, 6.07) is 0. The van der Waals surface area contributed by atoms with Crippen LogP contribution in [-0.4, -0.2) is 24.4 Å². The summed E-state index contributed by atoms with van der Waals surface area (Å²) in [6.07, 6.45) is 14.9. The molecule has 0 heterocycles. The molecule has 0 aliphatic heterocycles. The largest absolute Gasteiger partial charge is 0.390 e. The standard InChI is InChI=1S/C27H46O2/c1-6-12-26(28)14-15-27(16-17-29-5)20(18-26)7-8-21-23-10-9-22(19(2)3)25(23,4)13-11-24(21)27/h20-24,28H,2,6-18H2,1,3-5H3/t20-,21+,22-,23+,24+,25-,26-,27-/m1/s1. The zero-order chi connectivity index (χ0) is 20.9. The van der Waals surface area contributed by atoms with Crippen LogP contribution < -0.4 is 0 Å².